The van der Waals surface area contributed by atoms with E-state index in [2.05, 4.69) is 23.0 Å². The Bertz CT molecular complexity index is 625. The molecule has 0 amide bonds. The number of pyridine rings is 1. The Kier molecular flexibility index (Phi) is 7.20. The zero-order valence-electron chi connectivity index (χ0n) is 13.9. The predicted octanol–water partition coefficient (Wildman–Crippen LogP) is 4.89. The Morgan fingerprint density at radius 3 is 2.83 bits per heavy atom. The number of rotatable bonds is 9. The second-order valence-corrected chi connectivity index (χ2v) is 6.32. The Labute approximate surface area is 141 Å². The van der Waals surface area contributed by atoms with Crippen LogP contribution in [0.15, 0.2) is 23.7 Å². The topological polar surface area (TPSA) is 52.1 Å². The molecule has 2 aromatic rings. The molecule has 0 N–H and O–H groups in total. The van der Waals surface area contributed by atoms with Crippen molar-refractivity contribution in [3.63, 3.8) is 0 Å². The summed E-state index contributed by atoms with van der Waals surface area (Å²) in [5, 5.41) is 2.58. The summed E-state index contributed by atoms with van der Waals surface area (Å²) in [6.07, 6.45) is 9.11. The maximum Gasteiger partial charge on any atom is 0.357 e. The van der Waals surface area contributed by atoms with Crippen LogP contribution in [0.2, 0.25) is 0 Å². The number of aromatic nitrogens is 2. The summed E-state index contributed by atoms with van der Waals surface area (Å²) in [4.78, 5) is 20.5. The highest BCUT2D eigenvalue weighted by Crippen LogP contribution is 2.24. The minimum absolute atomic E-state index is 0.361. The average molecular weight is 332 g/mol. The molecule has 0 unspecified atom stereocenters. The Morgan fingerprint density at radius 2 is 2.04 bits per heavy atom. The van der Waals surface area contributed by atoms with Crippen LogP contribution in [0.3, 0.4) is 0 Å². The van der Waals surface area contributed by atoms with E-state index in [9.17, 15) is 4.79 Å². The van der Waals surface area contributed by atoms with Crippen LogP contribution in [-0.2, 0) is 11.2 Å². The van der Waals surface area contributed by atoms with Crippen LogP contribution in [0, 0.1) is 0 Å². The van der Waals surface area contributed by atoms with Gasteiger partial charge in [-0.1, -0.05) is 32.6 Å². The summed E-state index contributed by atoms with van der Waals surface area (Å²) < 4.78 is 4.98. The number of carbonyl (C=O) groups is 1. The van der Waals surface area contributed by atoms with Gasteiger partial charge in [-0.2, -0.15) is 0 Å². The van der Waals surface area contributed by atoms with E-state index >= 15 is 0 Å². The van der Waals surface area contributed by atoms with Crippen molar-refractivity contribution in [1.29, 1.82) is 0 Å². The lowest BCUT2D eigenvalue weighted by Crippen LogP contribution is -2.04. The smallest absolute Gasteiger partial charge is 0.357 e. The van der Waals surface area contributed by atoms with Gasteiger partial charge < -0.3 is 4.74 Å². The van der Waals surface area contributed by atoms with Gasteiger partial charge in [0.1, 0.15) is 5.01 Å². The van der Waals surface area contributed by atoms with Crippen LogP contribution in [0.1, 0.15) is 62.1 Å². The fourth-order valence-electron chi connectivity index (χ4n) is 2.36. The molecule has 2 aromatic heterocycles. The van der Waals surface area contributed by atoms with Crippen LogP contribution in [0.5, 0.6) is 0 Å². The van der Waals surface area contributed by atoms with E-state index in [4.69, 9.17) is 4.74 Å². The molecule has 0 spiro atoms. The van der Waals surface area contributed by atoms with Gasteiger partial charge in [-0.25, -0.2) is 9.78 Å². The van der Waals surface area contributed by atoms with Gasteiger partial charge in [0.2, 0.25) is 0 Å². The number of thiazole rings is 1. The molecular weight excluding hydrogens is 308 g/mol. The second kappa shape index (κ2) is 9.40. The van der Waals surface area contributed by atoms with Gasteiger partial charge in [-0.15, -0.1) is 11.3 Å². The predicted molar refractivity (Wildman–Crippen MR) is 93.8 cm³/mol. The maximum atomic E-state index is 11.7. The molecule has 5 heteroatoms. The van der Waals surface area contributed by atoms with Crippen LogP contribution in [0.4, 0.5) is 0 Å². The lowest BCUT2D eigenvalue weighted by molar-refractivity contribution is 0.0520. The van der Waals surface area contributed by atoms with Crippen molar-refractivity contribution in [2.45, 2.75) is 52.4 Å². The fraction of sp³-hybridized carbons (Fsp3) is 0.500. The number of hydrogen-bond donors (Lipinski definition) is 0. The van der Waals surface area contributed by atoms with Crippen LogP contribution in [0.25, 0.3) is 10.6 Å². The number of aryl methyl sites for hydroxylation is 1. The van der Waals surface area contributed by atoms with Gasteiger partial charge in [0, 0.05) is 22.8 Å². The molecule has 2 rings (SSSR count). The number of carbonyl (C=O) groups excluding carboxylic acids is 1. The van der Waals surface area contributed by atoms with Crippen molar-refractivity contribution in [3.8, 4) is 10.6 Å². The van der Waals surface area contributed by atoms with Crippen LogP contribution >= 0.6 is 11.3 Å². The third kappa shape index (κ3) is 5.43. The first-order valence-corrected chi connectivity index (χ1v) is 9.20. The van der Waals surface area contributed by atoms with Crippen molar-refractivity contribution >= 4 is 17.3 Å². The molecule has 0 aliphatic heterocycles. The molecule has 0 aliphatic carbocycles. The highest BCUT2D eigenvalue weighted by Gasteiger charge is 2.13. The summed E-state index contributed by atoms with van der Waals surface area (Å²) in [5.41, 5.74) is 2.49. The SMILES string of the molecule is CCCCCCCc1cc(-c2nc(C(=O)OCC)cs2)ccn1. The third-order valence-corrected chi connectivity index (χ3v) is 4.48. The van der Waals surface area contributed by atoms with Crippen molar-refractivity contribution in [3.05, 3.63) is 35.1 Å². The fourth-order valence-corrected chi connectivity index (χ4v) is 3.15. The van der Waals surface area contributed by atoms with Crippen molar-refractivity contribution in [2.75, 3.05) is 6.61 Å². The molecular formula is C18H24N2O2S. The Balaban J connectivity index is 1.98. The van der Waals surface area contributed by atoms with Gasteiger partial charge in [0.05, 0.1) is 6.61 Å². The molecule has 0 saturated carbocycles. The largest absolute Gasteiger partial charge is 0.461 e. The van der Waals surface area contributed by atoms with Gasteiger partial charge in [-0.3, -0.25) is 4.98 Å². The lowest BCUT2D eigenvalue weighted by atomic mass is 10.1. The van der Waals surface area contributed by atoms with Crippen molar-refractivity contribution < 1.29 is 9.53 Å². The van der Waals surface area contributed by atoms with Crippen LogP contribution in [-0.4, -0.2) is 22.5 Å². The number of nitrogens with zero attached hydrogens (tertiary/aromatic N) is 2. The zero-order chi connectivity index (χ0) is 16.5. The minimum Gasteiger partial charge on any atom is -0.461 e. The zero-order valence-corrected chi connectivity index (χ0v) is 14.7. The minimum atomic E-state index is -0.361. The molecule has 0 fully saturated rings. The first-order valence-electron chi connectivity index (χ1n) is 8.32. The molecule has 0 saturated heterocycles. The highest BCUT2D eigenvalue weighted by atomic mass is 32.1. The second-order valence-electron chi connectivity index (χ2n) is 5.46. The molecule has 0 radical (unpaired) electrons. The van der Waals surface area contributed by atoms with Gasteiger partial charge in [0.25, 0.3) is 0 Å². The van der Waals surface area contributed by atoms with E-state index in [1.165, 1.54) is 43.4 Å². The van der Waals surface area contributed by atoms with E-state index in [1.807, 2.05) is 12.3 Å². The summed E-state index contributed by atoms with van der Waals surface area (Å²) in [6, 6.07) is 4.02. The first-order chi connectivity index (χ1) is 11.2. The number of esters is 1. The van der Waals surface area contributed by atoms with E-state index in [0.29, 0.717) is 12.3 Å². The number of ether oxygens (including phenoxy) is 1. The molecule has 0 atom stereocenters. The van der Waals surface area contributed by atoms with E-state index in [1.54, 1.807) is 12.3 Å². The molecule has 23 heavy (non-hydrogen) atoms. The summed E-state index contributed by atoms with van der Waals surface area (Å²) in [5.74, 6) is -0.361. The third-order valence-electron chi connectivity index (χ3n) is 3.59. The summed E-state index contributed by atoms with van der Waals surface area (Å²) in [6.45, 7) is 4.38. The van der Waals surface area contributed by atoms with Gasteiger partial charge in [-0.05, 0) is 31.9 Å². The molecule has 2 heterocycles. The molecule has 0 bridgehead atoms. The van der Waals surface area contributed by atoms with Crippen molar-refractivity contribution in [2.24, 2.45) is 0 Å². The molecule has 0 aromatic carbocycles. The lowest BCUT2D eigenvalue weighted by Gasteiger charge is -2.03. The maximum absolute atomic E-state index is 11.7. The summed E-state index contributed by atoms with van der Waals surface area (Å²) in [7, 11) is 0. The van der Waals surface area contributed by atoms with Crippen molar-refractivity contribution in [1.82, 2.24) is 9.97 Å². The van der Waals surface area contributed by atoms with Crippen LogP contribution < -0.4 is 0 Å². The van der Waals surface area contributed by atoms with E-state index in [-0.39, 0.29) is 5.97 Å². The number of hydrogen-bond acceptors (Lipinski definition) is 5. The highest BCUT2D eigenvalue weighted by molar-refractivity contribution is 7.13. The molecule has 124 valence electrons. The Morgan fingerprint density at radius 1 is 1.22 bits per heavy atom. The van der Waals surface area contributed by atoms with Gasteiger partial charge >= 0.3 is 5.97 Å². The first kappa shape index (κ1) is 17.6. The molecule has 4 nitrogen and oxygen atoms in total. The Hall–Kier alpha value is -1.75. The number of unbranched alkanes of at least 4 members (excludes halogenated alkanes) is 4. The quantitative estimate of drug-likeness (QED) is 0.484. The summed E-state index contributed by atoms with van der Waals surface area (Å²) >= 11 is 1.46. The van der Waals surface area contributed by atoms with Gasteiger partial charge in [0.15, 0.2) is 5.69 Å². The standard InChI is InChI=1S/C18H24N2O2S/c1-3-5-6-7-8-9-15-12-14(10-11-19-15)17-20-16(13-23-17)18(21)22-4-2/h10-13H,3-9H2,1-2H3. The monoisotopic (exact) mass is 332 g/mol. The normalized spacial score (nSPS) is 10.7. The molecule has 0 aliphatic rings. The van der Waals surface area contributed by atoms with E-state index < -0.39 is 0 Å². The van der Waals surface area contributed by atoms with E-state index in [0.717, 1.165) is 22.7 Å². The average Bonchev–Trinajstić information content (AvgIpc) is 3.05.